The zero-order valence-corrected chi connectivity index (χ0v) is 19.6. The molecule has 0 saturated carbocycles. The van der Waals surface area contributed by atoms with Gasteiger partial charge in [-0.05, 0) is 44.0 Å². The van der Waals surface area contributed by atoms with Crippen LogP contribution in [0.15, 0.2) is 53.4 Å². The number of ether oxygens (including phenoxy) is 2. The first-order valence-electron chi connectivity index (χ1n) is 10.00. The minimum atomic E-state index is -4.07. The van der Waals surface area contributed by atoms with Crippen molar-refractivity contribution >= 4 is 27.5 Å². The number of rotatable bonds is 12. The normalized spacial score (nSPS) is 11.7. The van der Waals surface area contributed by atoms with Crippen LogP contribution in [0.3, 0.4) is 0 Å². The summed E-state index contributed by atoms with van der Waals surface area (Å²) in [6.45, 7) is 4.49. The van der Waals surface area contributed by atoms with Crippen molar-refractivity contribution in [3.8, 4) is 5.75 Å². The molecule has 0 aromatic heterocycles. The van der Waals surface area contributed by atoms with Gasteiger partial charge in [0, 0.05) is 24.7 Å². The fraction of sp³-hybridized carbons (Fsp3) is 0.409. The number of hydrogen-bond acceptors (Lipinski definition) is 5. The highest BCUT2D eigenvalue weighted by Crippen LogP contribution is 2.30. The van der Waals surface area contributed by atoms with Crippen molar-refractivity contribution in [1.82, 2.24) is 9.62 Å². The van der Waals surface area contributed by atoms with Crippen LogP contribution in [-0.2, 0) is 26.1 Å². The average molecular weight is 469 g/mol. The maximum absolute atomic E-state index is 13.4. The first-order valence-corrected chi connectivity index (χ1v) is 11.8. The van der Waals surface area contributed by atoms with Crippen LogP contribution in [0.2, 0.25) is 5.02 Å². The molecule has 0 saturated heterocycles. The molecule has 0 atom stereocenters. The van der Waals surface area contributed by atoms with Crippen molar-refractivity contribution in [1.29, 1.82) is 0 Å². The molecule has 2 aromatic rings. The molecule has 0 aliphatic rings. The SMILES string of the molecule is COc1ccc(Cl)cc1S(=O)(=O)N(CC(=O)NCCCOC(C)C)Cc1ccccc1. The van der Waals surface area contributed by atoms with Gasteiger partial charge in [0.15, 0.2) is 0 Å². The lowest BCUT2D eigenvalue weighted by molar-refractivity contribution is -0.121. The molecule has 0 spiro atoms. The minimum Gasteiger partial charge on any atom is -0.495 e. The average Bonchev–Trinajstić information content (AvgIpc) is 2.73. The summed E-state index contributed by atoms with van der Waals surface area (Å²) in [6.07, 6.45) is 0.757. The zero-order chi connectivity index (χ0) is 22.9. The first kappa shape index (κ1) is 25.1. The molecule has 9 heteroatoms. The summed E-state index contributed by atoms with van der Waals surface area (Å²) in [4.78, 5) is 12.4. The number of methoxy groups -OCH3 is 1. The van der Waals surface area contributed by atoms with E-state index in [9.17, 15) is 13.2 Å². The Morgan fingerprint density at radius 2 is 1.87 bits per heavy atom. The van der Waals surface area contributed by atoms with Gasteiger partial charge in [0.05, 0.1) is 19.8 Å². The molecule has 0 fully saturated rings. The van der Waals surface area contributed by atoms with E-state index in [1.54, 1.807) is 18.2 Å². The van der Waals surface area contributed by atoms with E-state index in [0.717, 1.165) is 9.87 Å². The van der Waals surface area contributed by atoms with Gasteiger partial charge in [-0.25, -0.2) is 8.42 Å². The number of nitrogens with one attached hydrogen (secondary N) is 1. The summed E-state index contributed by atoms with van der Waals surface area (Å²) in [7, 11) is -2.68. The number of sulfonamides is 1. The van der Waals surface area contributed by atoms with Crippen LogP contribution in [0.4, 0.5) is 0 Å². The summed E-state index contributed by atoms with van der Waals surface area (Å²) < 4.78 is 38.7. The molecule has 0 bridgehead atoms. The maximum Gasteiger partial charge on any atom is 0.247 e. The topological polar surface area (TPSA) is 84.9 Å². The van der Waals surface area contributed by atoms with E-state index in [-0.39, 0.29) is 34.9 Å². The van der Waals surface area contributed by atoms with Gasteiger partial charge in [0.25, 0.3) is 0 Å². The van der Waals surface area contributed by atoms with E-state index < -0.39 is 15.9 Å². The monoisotopic (exact) mass is 468 g/mol. The third-order valence-electron chi connectivity index (χ3n) is 4.36. The van der Waals surface area contributed by atoms with E-state index in [0.29, 0.717) is 19.6 Å². The van der Waals surface area contributed by atoms with Crippen molar-refractivity contribution in [2.24, 2.45) is 0 Å². The Morgan fingerprint density at radius 3 is 2.52 bits per heavy atom. The number of nitrogens with zero attached hydrogens (tertiary/aromatic N) is 1. The molecular formula is C22H29ClN2O5S. The summed E-state index contributed by atoms with van der Waals surface area (Å²) in [6, 6.07) is 13.4. The van der Waals surface area contributed by atoms with Crippen LogP contribution in [0, 0.1) is 0 Å². The highest BCUT2D eigenvalue weighted by Gasteiger charge is 2.30. The Hall–Kier alpha value is -2.13. The quantitative estimate of drug-likeness (QED) is 0.482. The largest absolute Gasteiger partial charge is 0.495 e. The number of benzene rings is 2. The standard InChI is InChI=1S/C22H29ClN2O5S/c1-17(2)30-13-7-12-24-22(26)16-25(15-18-8-5-4-6-9-18)31(27,28)21-14-19(23)10-11-20(21)29-3/h4-6,8-11,14,17H,7,12-13,15-16H2,1-3H3,(H,24,26). The second-order valence-corrected chi connectivity index (χ2v) is 9.52. The maximum atomic E-state index is 13.4. The zero-order valence-electron chi connectivity index (χ0n) is 18.0. The lowest BCUT2D eigenvalue weighted by Gasteiger charge is -2.23. The molecule has 1 amide bonds. The van der Waals surface area contributed by atoms with Gasteiger partial charge in [-0.1, -0.05) is 41.9 Å². The Bertz CT molecular complexity index is 952. The van der Waals surface area contributed by atoms with Crippen LogP contribution < -0.4 is 10.1 Å². The minimum absolute atomic E-state index is 0.0305. The molecule has 0 radical (unpaired) electrons. The third kappa shape index (κ3) is 7.81. The number of carbonyl (C=O) groups is 1. The fourth-order valence-electron chi connectivity index (χ4n) is 2.84. The Labute approximate surface area is 189 Å². The Balaban J connectivity index is 2.20. The van der Waals surface area contributed by atoms with Crippen LogP contribution >= 0.6 is 11.6 Å². The summed E-state index contributed by atoms with van der Waals surface area (Å²) in [5, 5.41) is 3.01. The second kappa shape index (κ2) is 12.0. The van der Waals surface area contributed by atoms with Crippen LogP contribution in [0.25, 0.3) is 0 Å². The van der Waals surface area contributed by atoms with Gasteiger partial charge in [-0.2, -0.15) is 4.31 Å². The molecule has 2 aromatic carbocycles. The molecule has 0 aliphatic heterocycles. The first-order chi connectivity index (χ1) is 14.7. The van der Waals surface area contributed by atoms with Crippen molar-refractivity contribution < 1.29 is 22.7 Å². The smallest absolute Gasteiger partial charge is 0.247 e. The second-order valence-electron chi connectivity index (χ2n) is 7.18. The van der Waals surface area contributed by atoms with Gasteiger partial charge >= 0.3 is 0 Å². The molecule has 0 heterocycles. The predicted molar refractivity (Wildman–Crippen MR) is 121 cm³/mol. The summed E-state index contributed by atoms with van der Waals surface area (Å²) in [5.41, 5.74) is 0.755. The molecule has 2 rings (SSSR count). The highest BCUT2D eigenvalue weighted by atomic mass is 35.5. The number of hydrogen-bond donors (Lipinski definition) is 1. The van der Waals surface area contributed by atoms with Gasteiger partial charge in [0.1, 0.15) is 10.6 Å². The van der Waals surface area contributed by atoms with E-state index in [1.807, 2.05) is 32.0 Å². The van der Waals surface area contributed by atoms with Gasteiger partial charge in [-0.15, -0.1) is 0 Å². The highest BCUT2D eigenvalue weighted by molar-refractivity contribution is 7.89. The van der Waals surface area contributed by atoms with E-state index >= 15 is 0 Å². The lowest BCUT2D eigenvalue weighted by atomic mass is 10.2. The van der Waals surface area contributed by atoms with Crippen molar-refractivity contribution in [2.75, 3.05) is 26.8 Å². The molecule has 170 valence electrons. The Morgan fingerprint density at radius 1 is 1.16 bits per heavy atom. The van der Waals surface area contributed by atoms with Crippen LogP contribution in [0.1, 0.15) is 25.8 Å². The van der Waals surface area contributed by atoms with E-state index in [4.69, 9.17) is 21.1 Å². The van der Waals surface area contributed by atoms with Gasteiger partial charge in [-0.3, -0.25) is 4.79 Å². The number of amides is 1. The van der Waals surface area contributed by atoms with Crippen molar-refractivity contribution in [3.05, 3.63) is 59.1 Å². The fourth-order valence-corrected chi connectivity index (χ4v) is 4.64. The van der Waals surface area contributed by atoms with Crippen molar-refractivity contribution in [2.45, 2.75) is 37.8 Å². The Kier molecular flexibility index (Phi) is 9.77. The molecule has 7 nitrogen and oxygen atoms in total. The molecule has 0 aliphatic carbocycles. The van der Waals surface area contributed by atoms with E-state index in [2.05, 4.69) is 5.32 Å². The molecule has 0 unspecified atom stereocenters. The molecule has 1 N–H and O–H groups in total. The number of carbonyl (C=O) groups excluding carboxylic acids is 1. The predicted octanol–water partition coefficient (Wildman–Crippen LogP) is 3.47. The van der Waals surface area contributed by atoms with Crippen LogP contribution in [0.5, 0.6) is 5.75 Å². The lowest BCUT2D eigenvalue weighted by Crippen LogP contribution is -2.40. The third-order valence-corrected chi connectivity index (χ3v) is 6.41. The van der Waals surface area contributed by atoms with Gasteiger partial charge < -0.3 is 14.8 Å². The molecule has 31 heavy (non-hydrogen) atoms. The van der Waals surface area contributed by atoms with Crippen LogP contribution in [-0.4, -0.2) is 51.5 Å². The number of halogens is 1. The molecular weight excluding hydrogens is 440 g/mol. The van der Waals surface area contributed by atoms with Gasteiger partial charge in [0.2, 0.25) is 15.9 Å². The summed E-state index contributed by atoms with van der Waals surface area (Å²) in [5.74, 6) is -0.237. The summed E-state index contributed by atoms with van der Waals surface area (Å²) >= 11 is 6.04. The van der Waals surface area contributed by atoms with Crippen molar-refractivity contribution in [3.63, 3.8) is 0 Å². The van der Waals surface area contributed by atoms with E-state index in [1.165, 1.54) is 19.2 Å².